The van der Waals surface area contributed by atoms with Crippen molar-refractivity contribution in [1.29, 1.82) is 0 Å². The van der Waals surface area contributed by atoms with Gasteiger partial charge in [-0.05, 0) is 67.5 Å². The molecule has 1 saturated carbocycles. The lowest BCUT2D eigenvalue weighted by Gasteiger charge is -2.35. The summed E-state index contributed by atoms with van der Waals surface area (Å²) in [5.74, 6) is -2.25. The third kappa shape index (κ3) is 3.77. The lowest BCUT2D eigenvalue weighted by Crippen LogP contribution is -2.42. The molecule has 0 spiro atoms. The number of aromatic amines is 1. The summed E-state index contributed by atoms with van der Waals surface area (Å²) in [6.45, 7) is 4.36. The Morgan fingerprint density at radius 1 is 1.25 bits per heavy atom. The van der Waals surface area contributed by atoms with E-state index in [-0.39, 0.29) is 30.1 Å². The van der Waals surface area contributed by atoms with E-state index in [4.69, 9.17) is 4.74 Å². The molecule has 7 nitrogen and oxygen atoms in total. The molecule has 190 valence electrons. The zero-order valence-electron chi connectivity index (χ0n) is 20.4. The highest BCUT2D eigenvalue weighted by atomic mass is 19.1. The number of aromatic nitrogens is 3. The maximum Gasteiger partial charge on any atom is 0.335 e. The number of fused-ring (bicyclic) bond motifs is 2. The SMILES string of the molecule is COCC(C)(C)c1c(C2CCC(O)(C(=O)O)CC2)c2c(F)c3[nH]ncc3cc2n1-c1ccc(F)cc1. The lowest BCUT2D eigenvalue weighted by molar-refractivity contribution is -0.162. The van der Waals surface area contributed by atoms with Gasteiger partial charge >= 0.3 is 5.97 Å². The van der Waals surface area contributed by atoms with Gasteiger partial charge in [0.2, 0.25) is 0 Å². The summed E-state index contributed by atoms with van der Waals surface area (Å²) in [6.07, 6.45) is 2.44. The molecular weight excluding hydrogens is 468 g/mol. The van der Waals surface area contributed by atoms with E-state index in [1.54, 1.807) is 25.4 Å². The number of ether oxygens (including phenoxy) is 1. The molecule has 0 saturated heterocycles. The van der Waals surface area contributed by atoms with Crippen molar-refractivity contribution < 1.29 is 28.5 Å². The number of benzene rings is 2. The Morgan fingerprint density at radius 2 is 1.92 bits per heavy atom. The van der Waals surface area contributed by atoms with Crippen LogP contribution in [0.2, 0.25) is 0 Å². The number of rotatable bonds is 6. The van der Waals surface area contributed by atoms with Crippen molar-refractivity contribution in [2.24, 2.45) is 0 Å². The van der Waals surface area contributed by atoms with E-state index in [9.17, 15) is 19.4 Å². The number of halogens is 2. The second-order valence-corrected chi connectivity index (χ2v) is 10.4. The van der Waals surface area contributed by atoms with Crippen LogP contribution < -0.4 is 0 Å². The van der Waals surface area contributed by atoms with Crippen molar-refractivity contribution >= 4 is 27.8 Å². The van der Waals surface area contributed by atoms with Crippen LogP contribution in [0.5, 0.6) is 0 Å². The number of aliphatic carboxylic acids is 1. The number of carbonyl (C=O) groups is 1. The summed E-state index contributed by atoms with van der Waals surface area (Å²) >= 11 is 0. The predicted octanol–water partition coefficient (Wildman–Crippen LogP) is 5.18. The van der Waals surface area contributed by atoms with E-state index in [1.165, 1.54) is 12.1 Å². The molecule has 36 heavy (non-hydrogen) atoms. The number of nitrogens with one attached hydrogen (secondary N) is 1. The van der Waals surface area contributed by atoms with Crippen LogP contribution in [0, 0.1) is 11.6 Å². The Morgan fingerprint density at radius 3 is 2.53 bits per heavy atom. The van der Waals surface area contributed by atoms with Gasteiger partial charge in [0, 0.05) is 34.7 Å². The van der Waals surface area contributed by atoms with E-state index in [2.05, 4.69) is 10.2 Å². The maximum atomic E-state index is 16.2. The van der Waals surface area contributed by atoms with Gasteiger partial charge in [-0.25, -0.2) is 13.6 Å². The van der Waals surface area contributed by atoms with Gasteiger partial charge in [0.15, 0.2) is 11.4 Å². The van der Waals surface area contributed by atoms with Crippen LogP contribution in [-0.4, -0.2) is 50.3 Å². The van der Waals surface area contributed by atoms with Gasteiger partial charge in [0.1, 0.15) is 11.3 Å². The molecule has 3 N–H and O–H groups in total. The van der Waals surface area contributed by atoms with E-state index < -0.39 is 22.8 Å². The highest BCUT2D eigenvalue weighted by molar-refractivity contribution is 6.00. The van der Waals surface area contributed by atoms with Crippen LogP contribution in [0.15, 0.2) is 36.5 Å². The molecular formula is C27H29F2N3O4. The summed E-state index contributed by atoms with van der Waals surface area (Å²) < 4.78 is 37.6. The van der Waals surface area contributed by atoms with Crippen molar-refractivity contribution in [2.45, 2.75) is 56.5 Å². The van der Waals surface area contributed by atoms with Crippen molar-refractivity contribution in [1.82, 2.24) is 14.8 Å². The van der Waals surface area contributed by atoms with Crippen LogP contribution in [0.25, 0.3) is 27.5 Å². The predicted molar refractivity (Wildman–Crippen MR) is 132 cm³/mol. The van der Waals surface area contributed by atoms with Crippen molar-refractivity contribution in [3.63, 3.8) is 0 Å². The van der Waals surface area contributed by atoms with Crippen LogP contribution in [0.3, 0.4) is 0 Å². The van der Waals surface area contributed by atoms with Gasteiger partial charge in [-0.15, -0.1) is 0 Å². The number of methoxy groups -OCH3 is 1. The first-order valence-electron chi connectivity index (χ1n) is 12.0. The minimum Gasteiger partial charge on any atom is -0.479 e. The van der Waals surface area contributed by atoms with E-state index in [1.807, 2.05) is 24.5 Å². The van der Waals surface area contributed by atoms with Crippen LogP contribution in [0.1, 0.15) is 56.7 Å². The number of H-pyrrole nitrogens is 1. The molecule has 2 aromatic carbocycles. The van der Waals surface area contributed by atoms with E-state index in [0.29, 0.717) is 41.4 Å². The van der Waals surface area contributed by atoms with Gasteiger partial charge in [0.25, 0.3) is 0 Å². The molecule has 0 atom stereocenters. The summed E-state index contributed by atoms with van der Waals surface area (Å²) in [5.41, 5.74) is 0.774. The first-order valence-corrected chi connectivity index (χ1v) is 12.0. The molecule has 0 bridgehead atoms. The van der Waals surface area contributed by atoms with E-state index >= 15 is 4.39 Å². The molecule has 9 heteroatoms. The number of nitrogens with zero attached hydrogens (tertiary/aromatic N) is 2. The number of carboxylic acid groups (broad SMARTS) is 1. The van der Waals surface area contributed by atoms with Crippen molar-refractivity contribution in [2.75, 3.05) is 13.7 Å². The number of carboxylic acids is 1. The van der Waals surface area contributed by atoms with Gasteiger partial charge in [-0.2, -0.15) is 5.10 Å². The van der Waals surface area contributed by atoms with Gasteiger partial charge in [-0.1, -0.05) is 13.8 Å². The fourth-order valence-corrected chi connectivity index (χ4v) is 5.78. The van der Waals surface area contributed by atoms with Crippen molar-refractivity contribution in [3.8, 4) is 5.69 Å². The molecule has 5 rings (SSSR count). The average molecular weight is 498 g/mol. The van der Waals surface area contributed by atoms with Crippen LogP contribution >= 0.6 is 0 Å². The molecule has 1 fully saturated rings. The number of hydrogen-bond acceptors (Lipinski definition) is 4. The monoisotopic (exact) mass is 497 g/mol. The lowest BCUT2D eigenvalue weighted by atomic mass is 9.73. The summed E-state index contributed by atoms with van der Waals surface area (Å²) in [4.78, 5) is 11.7. The maximum absolute atomic E-state index is 16.2. The van der Waals surface area contributed by atoms with Gasteiger partial charge < -0.3 is 19.5 Å². The molecule has 0 radical (unpaired) electrons. The summed E-state index contributed by atoms with van der Waals surface area (Å²) in [7, 11) is 1.61. The fraction of sp³-hybridized carbons (Fsp3) is 0.407. The average Bonchev–Trinajstić information content (AvgIpc) is 3.44. The zero-order chi connectivity index (χ0) is 25.8. The quantitative estimate of drug-likeness (QED) is 0.341. The molecule has 0 aliphatic heterocycles. The molecule has 0 amide bonds. The third-order valence-electron chi connectivity index (χ3n) is 7.50. The minimum atomic E-state index is -1.79. The highest BCUT2D eigenvalue weighted by Crippen LogP contribution is 2.48. The molecule has 1 aliphatic rings. The number of aliphatic hydroxyl groups is 1. The topological polar surface area (TPSA) is 100 Å². The largest absolute Gasteiger partial charge is 0.479 e. The smallest absolute Gasteiger partial charge is 0.335 e. The zero-order valence-corrected chi connectivity index (χ0v) is 20.4. The minimum absolute atomic E-state index is 0.0638. The van der Waals surface area contributed by atoms with Crippen LogP contribution in [-0.2, 0) is 14.9 Å². The first-order chi connectivity index (χ1) is 17.1. The standard InChI is InChI=1S/C27H29F2N3O4/c1-26(2,14-36-3)24-20(15-8-10-27(35,11-9-15)25(33)34)21-19(12-16-13-30-31-23(16)22(21)29)32(24)18-6-4-17(28)5-7-18/h4-7,12-13,15,35H,8-11,14H2,1-3H3,(H,30,31)(H,33,34). The molecule has 1 aliphatic carbocycles. The van der Waals surface area contributed by atoms with E-state index in [0.717, 1.165) is 11.3 Å². The Labute approximate surface area is 206 Å². The Bertz CT molecular complexity index is 1450. The fourth-order valence-electron chi connectivity index (χ4n) is 5.78. The third-order valence-corrected chi connectivity index (χ3v) is 7.50. The Balaban J connectivity index is 1.85. The Kier molecular flexibility index (Phi) is 5.88. The second kappa shape index (κ2) is 8.67. The number of hydrogen-bond donors (Lipinski definition) is 3. The molecule has 4 aromatic rings. The van der Waals surface area contributed by atoms with Crippen LogP contribution in [0.4, 0.5) is 8.78 Å². The summed E-state index contributed by atoms with van der Waals surface area (Å²) in [6, 6.07) is 7.92. The Hall–Kier alpha value is -3.30. The normalized spacial score (nSPS) is 20.9. The second-order valence-electron chi connectivity index (χ2n) is 10.4. The molecule has 0 unspecified atom stereocenters. The van der Waals surface area contributed by atoms with Gasteiger partial charge in [-0.3, -0.25) is 5.10 Å². The first kappa shape index (κ1) is 24.4. The van der Waals surface area contributed by atoms with Gasteiger partial charge in [0.05, 0.1) is 18.3 Å². The molecule has 2 aromatic heterocycles. The van der Waals surface area contributed by atoms with Crippen molar-refractivity contribution in [3.05, 3.63) is 59.4 Å². The summed E-state index contributed by atoms with van der Waals surface area (Å²) in [5, 5.41) is 27.9. The molecule has 2 heterocycles. The highest BCUT2D eigenvalue weighted by Gasteiger charge is 2.43.